The van der Waals surface area contributed by atoms with Gasteiger partial charge in [0.1, 0.15) is 0 Å². The minimum atomic E-state index is -0.520. The molecule has 0 saturated heterocycles. The van der Waals surface area contributed by atoms with E-state index < -0.39 is 6.04 Å². The molecular formula is C7H15Cl2N3O. The third-order valence-electron chi connectivity index (χ3n) is 1.39. The third kappa shape index (κ3) is 6.10. The molecule has 0 fully saturated rings. The maximum Gasteiger partial charge on any atom is 0.250 e. The highest BCUT2D eigenvalue weighted by atomic mass is 35.5. The lowest BCUT2D eigenvalue weighted by molar-refractivity contribution is -0.126. The Bertz CT molecular complexity index is 149. The van der Waals surface area contributed by atoms with Gasteiger partial charge in [-0.25, -0.2) is 5.01 Å². The van der Waals surface area contributed by atoms with Gasteiger partial charge in [-0.3, -0.25) is 10.2 Å². The Kier molecular flexibility index (Phi) is 7.36. The number of hydrogen-bond donors (Lipinski definition) is 2. The smallest absolute Gasteiger partial charge is 0.250 e. The lowest BCUT2D eigenvalue weighted by atomic mass is 10.3. The molecule has 0 bridgehead atoms. The standard InChI is InChI=1S/C7H15Cl2N3O/c1-6(10)7(13)11-12(4-2-8)5-3-9/h6H,2-5,10H2,1H3,(H,11,13)/t6-/m1/s1. The Labute approximate surface area is 88.3 Å². The molecule has 6 heteroatoms. The van der Waals surface area contributed by atoms with E-state index in [0.29, 0.717) is 24.8 Å². The van der Waals surface area contributed by atoms with E-state index in [1.165, 1.54) is 0 Å². The Morgan fingerprint density at radius 1 is 1.46 bits per heavy atom. The second-order valence-corrected chi connectivity index (χ2v) is 3.39. The normalized spacial score (nSPS) is 13.0. The molecule has 0 aromatic rings. The van der Waals surface area contributed by atoms with E-state index in [9.17, 15) is 4.79 Å². The van der Waals surface area contributed by atoms with Crippen LogP contribution >= 0.6 is 23.2 Å². The number of amides is 1. The molecule has 0 saturated carbocycles. The summed E-state index contributed by atoms with van der Waals surface area (Å²) in [6.07, 6.45) is 0. The van der Waals surface area contributed by atoms with Crippen molar-refractivity contribution in [3.05, 3.63) is 0 Å². The minimum absolute atomic E-state index is 0.227. The first-order valence-corrected chi connectivity index (χ1v) is 5.11. The summed E-state index contributed by atoms with van der Waals surface area (Å²) in [6.45, 7) is 2.74. The number of rotatable bonds is 6. The van der Waals surface area contributed by atoms with Gasteiger partial charge in [-0.15, -0.1) is 23.2 Å². The zero-order chi connectivity index (χ0) is 10.3. The molecule has 0 spiro atoms. The van der Waals surface area contributed by atoms with Gasteiger partial charge in [0, 0.05) is 24.8 Å². The van der Waals surface area contributed by atoms with E-state index in [1.807, 2.05) is 0 Å². The fourth-order valence-corrected chi connectivity index (χ4v) is 1.09. The molecule has 0 aliphatic carbocycles. The lowest BCUT2D eigenvalue weighted by Crippen LogP contribution is -2.49. The van der Waals surface area contributed by atoms with E-state index in [-0.39, 0.29) is 5.91 Å². The first kappa shape index (κ1) is 13.0. The summed E-state index contributed by atoms with van der Waals surface area (Å²) in [4.78, 5) is 11.1. The minimum Gasteiger partial charge on any atom is -0.320 e. The van der Waals surface area contributed by atoms with Crippen LogP contribution in [0.5, 0.6) is 0 Å². The Morgan fingerprint density at radius 3 is 2.23 bits per heavy atom. The van der Waals surface area contributed by atoms with E-state index in [1.54, 1.807) is 11.9 Å². The van der Waals surface area contributed by atoms with Crippen LogP contribution in [0.3, 0.4) is 0 Å². The molecule has 3 N–H and O–H groups in total. The molecule has 0 unspecified atom stereocenters. The number of alkyl halides is 2. The van der Waals surface area contributed by atoms with Crippen molar-refractivity contribution in [2.24, 2.45) is 5.73 Å². The van der Waals surface area contributed by atoms with Gasteiger partial charge in [0.05, 0.1) is 6.04 Å². The van der Waals surface area contributed by atoms with Crippen molar-refractivity contribution in [3.63, 3.8) is 0 Å². The number of nitrogens with zero attached hydrogens (tertiary/aromatic N) is 1. The molecule has 0 heterocycles. The van der Waals surface area contributed by atoms with Crippen LogP contribution in [-0.2, 0) is 4.79 Å². The Morgan fingerprint density at radius 2 is 1.92 bits per heavy atom. The van der Waals surface area contributed by atoms with Gasteiger partial charge < -0.3 is 5.73 Å². The van der Waals surface area contributed by atoms with Gasteiger partial charge in [0.15, 0.2) is 0 Å². The molecule has 0 aromatic carbocycles. The molecule has 0 radical (unpaired) electrons. The SMILES string of the molecule is C[C@@H](N)C(=O)NN(CCCl)CCCl. The van der Waals surface area contributed by atoms with Crippen molar-refractivity contribution in [3.8, 4) is 0 Å². The molecule has 1 atom stereocenters. The molecule has 1 amide bonds. The van der Waals surface area contributed by atoms with Gasteiger partial charge >= 0.3 is 0 Å². The van der Waals surface area contributed by atoms with Gasteiger partial charge in [0.25, 0.3) is 5.91 Å². The van der Waals surface area contributed by atoms with Gasteiger partial charge in [-0.05, 0) is 6.92 Å². The molecule has 0 aliphatic heterocycles. The quantitative estimate of drug-likeness (QED) is 0.502. The van der Waals surface area contributed by atoms with Crippen LogP contribution in [0.4, 0.5) is 0 Å². The summed E-state index contributed by atoms with van der Waals surface area (Å²) in [5, 5.41) is 1.66. The summed E-state index contributed by atoms with van der Waals surface area (Å²) in [6, 6.07) is -0.520. The third-order valence-corrected chi connectivity index (χ3v) is 1.73. The first-order chi connectivity index (χ1) is 6.11. The topological polar surface area (TPSA) is 58.4 Å². The van der Waals surface area contributed by atoms with Crippen molar-refractivity contribution in [1.82, 2.24) is 10.4 Å². The molecule has 0 aliphatic rings. The predicted molar refractivity (Wildman–Crippen MR) is 54.8 cm³/mol. The fourth-order valence-electron chi connectivity index (χ4n) is 0.685. The number of carbonyl (C=O) groups is 1. The number of nitrogens with two attached hydrogens (primary N) is 1. The second kappa shape index (κ2) is 7.38. The molecule has 4 nitrogen and oxygen atoms in total. The molecule has 0 rings (SSSR count). The summed E-state index contributed by atoms with van der Waals surface area (Å²) in [5.74, 6) is 0.655. The van der Waals surface area contributed by atoms with Gasteiger partial charge in [-0.1, -0.05) is 0 Å². The lowest BCUT2D eigenvalue weighted by Gasteiger charge is -2.21. The number of hydrogen-bond acceptors (Lipinski definition) is 3. The monoisotopic (exact) mass is 227 g/mol. The van der Waals surface area contributed by atoms with Crippen LogP contribution < -0.4 is 11.2 Å². The van der Waals surface area contributed by atoms with E-state index in [4.69, 9.17) is 28.9 Å². The van der Waals surface area contributed by atoms with E-state index >= 15 is 0 Å². The van der Waals surface area contributed by atoms with Crippen LogP contribution in [-0.4, -0.2) is 41.8 Å². The molecule has 0 aromatic heterocycles. The zero-order valence-electron chi connectivity index (χ0n) is 7.59. The number of hydrazine groups is 1. The summed E-state index contributed by atoms with van der Waals surface area (Å²) in [7, 11) is 0. The maximum atomic E-state index is 11.1. The van der Waals surface area contributed by atoms with Crippen molar-refractivity contribution in [2.45, 2.75) is 13.0 Å². The Hall–Kier alpha value is -0.0300. The first-order valence-electron chi connectivity index (χ1n) is 4.04. The number of halogens is 2. The van der Waals surface area contributed by atoms with E-state index in [0.717, 1.165) is 0 Å². The molecule has 78 valence electrons. The molecule has 13 heavy (non-hydrogen) atoms. The largest absolute Gasteiger partial charge is 0.320 e. The van der Waals surface area contributed by atoms with Crippen LogP contribution in [0.25, 0.3) is 0 Å². The predicted octanol–water partition coefficient (Wildman–Crippen LogP) is 0.144. The van der Waals surface area contributed by atoms with E-state index in [2.05, 4.69) is 5.43 Å². The zero-order valence-corrected chi connectivity index (χ0v) is 9.11. The summed E-state index contributed by atoms with van der Waals surface area (Å²) < 4.78 is 0. The second-order valence-electron chi connectivity index (χ2n) is 2.63. The maximum absolute atomic E-state index is 11.1. The van der Waals surface area contributed by atoms with Crippen molar-refractivity contribution in [1.29, 1.82) is 0 Å². The summed E-state index contributed by atoms with van der Waals surface area (Å²) >= 11 is 11.1. The van der Waals surface area contributed by atoms with Crippen LogP contribution in [0.2, 0.25) is 0 Å². The average Bonchev–Trinajstić information content (AvgIpc) is 2.05. The average molecular weight is 228 g/mol. The van der Waals surface area contributed by atoms with Crippen LogP contribution in [0, 0.1) is 0 Å². The van der Waals surface area contributed by atoms with Gasteiger partial charge in [0.2, 0.25) is 0 Å². The Balaban J connectivity index is 3.86. The van der Waals surface area contributed by atoms with Crippen molar-refractivity contribution < 1.29 is 4.79 Å². The fraction of sp³-hybridized carbons (Fsp3) is 0.857. The highest BCUT2D eigenvalue weighted by Crippen LogP contribution is 1.88. The van der Waals surface area contributed by atoms with Crippen molar-refractivity contribution in [2.75, 3.05) is 24.8 Å². The molecular weight excluding hydrogens is 213 g/mol. The number of carbonyl (C=O) groups excluding carboxylic acids is 1. The van der Waals surface area contributed by atoms with Crippen LogP contribution in [0.1, 0.15) is 6.92 Å². The van der Waals surface area contributed by atoms with Crippen LogP contribution in [0.15, 0.2) is 0 Å². The van der Waals surface area contributed by atoms with Crippen molar-refractivity contribution >= 4 is 29.1 Å². The highest BCUT2D eigenvalue weighted by Gasteiger charge is 2.11. The summed E-state index contributed by atoms with van der Waals surface area (Å²) in [5.41, 5.74) is 7.99. The number of nitrogens with one attached hydrogen (secondary N) is 1. The highest BCUT2D eigenvalue weighted by molar-refractivity contribution is 6.18. The van der Waals surface area contributed by atoms with Gasteiger partial charge in [-0.2, -0.15) is 0 Å².